The van der Waals surface area contributed by atoms with Gasteiger partial charge in [0.15, 0.2) is 0 Å². The molecule has 1 aliphatic carbocycles. The molecule has 0 saturated heterocycles. The molecule has 1 aromatic carbocycles. The van der Waals surface area contributed by atoms with Gasteiger partial charge in [0.05, 0.1) is 0 Å². The first-order valence-corrected chi connectivity index (χ1v) is 7.29. The van der Waals surface area contributed by atoms with Crippen LogP contribution in [0, 0.1) is 5.82 Å². The summed E-state index contributed by atoms with van der Waals surface area (Å²) in [7, 11) is 4.02. The van der Waals surface area contributed by atoms with Gasteiger partial charge < -0.3 is 9.80 Å². The molecule has 1 aromatic rings. The molecule has 0 aliphatic heterocycles. The first kappa shape index (κ1) is 15.0. The Hall–Kier alpha value is -1.42. The summed E-state index contributed by atoms with van der Waals surface area (Å²) >= 11 is 0. The van der Waals surface area contributed by atoms with Crippen LogP contribution in [0.15, 0.2) is 24.3 Å². The molecule has 110 valence electrons. The van der Waals surface area contributed by atoms with Crippen LogP contribution in [-0.2, 0) is 0 Å². The van der Waals surface area contributed by atoms with Gasteiger partial charge in [0, 0.05) is 24.7 Å². The Morgan fingerprint density at radius 3 is 2.30 bits per heavy atom. The molecule has 0 aromatic heterocycles. The van der Waals surface area contributed by atoms with Gasteiger partial charge >= 0.3 is 0 Å². The van der Waals surface area contributed by atoms with Crippen molar-refractivity contribution in [1.29, 1.82) is 0 Å². The third kappa shape index (κ3) is 3.79. The van der Waals surface area contributed by atoms with E-state index in [2.05, 4.69) is 4.90 Å². The highest BCUT2D eigenvalue weighted by Crippen LogP contribution is 2.24. The van der Waals surface area contributed by atoms with Crippen molar-refractivity contribution in [2.45, 2.75) is 31.7 Å². The van der Waals surface area contributed by atoms with Crippen LogP contribution in [0.3, 0.4) is 0 Å². The van der Waals surface area contributed by atoms with E-state index in [-0.39, 0.29) is 11.7 Å². The van der Waals surface area contributed by atoms with E-state index >= 15 is 0 Å². The summed E-state index contributed by atoms with van der Waals surface area (Å²) in [6, 6.07) is 6.20. The van der Waals surface area contributed by atoms with E-state index in [4.69, 9.17) is 0 Å². The number of hydrogen-bond donors (Lipinski definition) is 0. The number of likely N-dealkylation sites (N-methyl/N-ethyl adjacent to an activating group) is 1. The topological polar surface area (TPSA) is 23.6 Å². The molecule has 0 atom stereocenters. The molecule has 0 unspecified atom stereocenters. The van der Waals surface area contributed by atoms with Gasteiger partial charge in [-0.15, -0.1) is 0 Å². The molecule has 0 N–H and O–H groups in total. The van der Waals surface area contributed by atoms with E-state index in [0.717, 1.165) is 25.9 Å². The van der Waals surface area contributed by atoms with Crippen LogP contribution < -0.4 is 0 Å². The lowest BCUT2D eigenvalue weighted by Gasteiger charge is -2.30. The highest BCUT2D eigenvalue weighted by Gasteiger charge is 2.27. The van der Waals surface area contributed by atoms with E-state index < -0.39 is 0 Å². The summed E-state index contributed by atoms with van der Waals surface area (Å²) in [5.41, 5.74) is 0.581. The van der Waals surface area contributed by atoms with Crippen LogP contribution in [0.25, 0.3) is 0 Å². The maximum atomic E-state index is 13.0. The van der Waals surface area contributed by atoms with Gasteiger partial charge in [-0.05, 0) is 51.2 Å². The van der Waals surface area contributed by atoms with Gasteiger partial charge in [0.2, 0.25) is 0 Å². The minimum absolute atomic E-state index is 0.0266. The normalized spacial score (nSPS) is 15.8. The number of hydrogen-bond acceptors (Lipinski definition) is 2. The molecule has 1 saturated carbocycles. The number of amides is 1. The maximum Gasteiger partial charge on any atom is 0.254 e. The van der Waals surface area contributed by atoms with Crippen molar-refractivity contribution in [2.24, 2.45) is 0 Å². The zero-order valence-electron chi connectivity index (χ0n) is 12.3. The van der Waals surface area contributed by atoms with Gasteiger partial charge in [0.1, 0.15) is 5.82 Å². The second-order valence-electron chi connectivity index (χ2n) is 5.75. The van der Waals surface area contributed by atoms with Crippen molar-refractivity contribution in [2.75, 3.05) is 27.2 Å². The van der Waals surface area contributed by atoms with Crippen molar-refractivity contribution in [3.8, 4) is 0 Å². The monoisotopic (exact) mass is 278 g/mol. The first-order chi connectivity index (χ1) is 9.58. The lowest BCUT2D eigenvalue weighted by molar-refractivity contribution is 0.0667. The summed E-state index contributed by atoms with van der Waals surface area (Å²) in [6.07, 6.45) is 4.56. The van der Waals surface area contributed by atoms with E-state index in [0.29, 0.717) is 11.6 Å². The Bertz CT molecular complexity index is 438. The van der Waals surface area contributed by atoms with Crippen molar-refractivity contribution >= 4 is 5.91 Å². The molecule has 0 heterocycles. The Morgan fingerprint density at radius 1 is 1.15 bits per heavy atom. The van der Waals surface area contributed by atoms with Gasteiger partial charge in [0.25, 0.3) is 5.91 Å². The molecule has 1 amide bonds. The third-order valence-corrected chi connectivity index (χ3v) is 3.91. The molecule has 0 spiro atoms. The predicted molar refractivity (Wildman–Crippen MR) is 78.2 cm³/mol. The minimum Gasteiger partial charge on any atom is -0.334 e. The molecule has 1 fully saturated rings. The lowest BCUT2D eigenvalue weighted by Crippen LogP contribution is -2.42. The molecule has 3 nitrogen and oxygen atoms in total. The van der Waals surface area contributed by atoms with Gasteiger partial charge in [-0.3, -0.25) is 4.79 Å². The zero-order valence-corrected chi connectivity index (χ0v) is 12.3. The van der Waals surface area contributed by atoms with Crippen molar-refractivity contribution in [3.05, 3.63) is 35.6 Å². The van der Waals surface area contributed by atoms with Crippen LogP contribution >= 0.6 is 0 Å². The molecule has 0 radical (unpaired) electrons. The number of carbonyl (C=O) groups is 1. The van der Waals surface area contributed by atoms with Crippen LogP contribution in [0.5, 0.6) is 0 Å². The van der Waals surface area contributed by atoms with Crippen LogP contribution in [0.4, 0.5) is 4.39 Å². The standard InChI is InChI=1S/C16H23FN2O/c1-18(2)11-12-19(15-5-3-4-6-15)16(20)13-7-9-14(17)10-8-13/h7-10,15H,3-6,11-12H2,1-2H3. The number of benzene rings is 1. The first-order valence-electron chi connectivity index (χ1n) is 7.29. The number of nitrogens with zero attached hydrogens (tertiary/aromatic N) is 2. The highest BCUT2D eigenvalue weighted by molar-refractivity contribution is 5.94. The predicted octanol–water partition coefficient (Wildman–Crippen LogP) is 2.77. The SMILES string of the molecule is CN(C)CCN(C(=O)c1ccc(F)cc1)C1CCCC1. The van der Waals surface area contributed by atoms with E-state index in [1.165, 1.54) is 25.0 Å². The number of halogens is 1. The number of carbonyl (C=O) groups excluding carboxylic acids is 1. The fourth-order valence-electron chi connectivity index (χ4n) is 2.73. The summed E-state index contributed by atoms with van der Waals surface area (Å²) in [5.74, 6) is -0.277. The Labute approximate surface area is 120 Å². The fourth-order valence-corrected chi connectivity index (χ4v) is 2.73. The summed E-state index contributed by atoms with van der Waals surface area (Å²) < 4.78 is 13.0. The Morgan fingerprint density at radius 2 is 1.75 bits per heavy atom. The maximum absolute atomic E-state index is 13.0. The summed E-state index contributed by atoms with van der Waals surface area (Å²) in [5, 5.41) is 0. The molecular formula is C16H23FN2O. The zero-order chi connectivity index (χ0) is 14.5. The minimum atomic E-state index is -0.303. The van der Waals surface area contributed by atoms with Crippen molar-refractivity contribution < 1.29 is 9.18 Å². The third-order valence-electron chi connectivity index (χ3n) is 3.91. The average Bonchev–Trinajstić information content (AvgIpc) is 2.93. The van der Waals surface area contributed by atoms with E-state index in [1.54, 1.807) is 12.1 Å². The van der Waals surface area contributed by atoms with Crippen LogP contribution in [0.1, 0.15) is 36.0 Å². The molecule has 20 heavy (non-hydrogen) atoms. The molecule has 1 aliphatic rings. The van der Waals surface area contributed by atoms with Crippen molar-refractivity contribution in [3.63, 3.8) is 0 Å². The molecule has 0 bridgehead atoms. The number of rotatable bonds is 5. The fraction of sp³-hybridized carbons (Fsp3) is 0.562. The van der Waals surface area contributed by atoms with Gasteiger partial charge in [-0.25, -0.2) is 4.39 Å². The van der Waals surface area contributed by atoms with Crippen LogP contribution in [-0.4, -0.2) is 48.9 Å². The Balaban J connectivity index is 2.11. The van der Waals surface area contributed by atoms with Gasteiger partial charge in [-0.1, -0.05) is 12.8 Å². The largest absolute Gasteiger partial charge is 0.334 e. The summed E-state index contributed by atoms with van der Waals surface area (Å²) in [6.45, 7) is 1.58. The molecule has 2 rings (SSSR count). The smallest absolute Gasteiger partial charge is 0.254 e. The van der Waals surface area contributed by atoms with Gasteiger partial charge in [-0.2, -0.15) is 0 Å². The second-order valence-corrected chi connectivity index (χ2v) is 5.75. The highest BCUT2D eigenvalue weighted by atomic mass is 19.1. The molecular weight excluding hydrogens is 255 g/mol. The average molecular weight is 278 g/mol. The van der Waals surface area contributed by atoms with E-state index in [9.17, 15) is 9.18 Å². The second kappa shape index (κ2) is 6.84. The summed E-state index contributed by atoms with van der Waals surface area (Å²) in [4.78, 5) is 16.7. The Kier molecular flexibility index (Phi) is 5.12. The lowest BCUT2D eigenvalue weighted by atomic mass is 10.1. The van der Waals surface area contributed by atoms with E-state index in [1.807, 2.05) is 19.0 Å². The quantitative estimate of drug-likeness (QED) is 0.827. The molecule has 4 heteroatoms. The van der Waals surface area contributed by atoms with Crippen molar-refractivity contribution in [1.82, 2.24) is 9.80 Å². The van der Waals surface area contributed by atoms with Crippen LogP contribution in [0.2, 0.25) is 0 Å².